The minimum absolute atomic E-state index is 0.229. The second-order valence-corrected chi connectivity index (χ2v) is 6.77. The van der Waals surface area contributed by atoms with Crippen molar-refractivity contribution in [2.24, 2.45) is 11.7 Å². The maximum atomic E-state index is 11.6. The first-order valence-electron chi connectivity index (χ1n) is 7.95. The fourth-order valence-electron chi connectivity index (χ4n) is 3.78. The van der Waals surface area contributed by atoms with Gasteiger partial charge in [-0.1, -0.05) is 13.8 Å². The molecule has 2 saturated heterocycles. The highest BCUT2D eigenvalue weighted by atomic mass is 16.1. The fourth-order valence-corrected chi connectivity index (χ4v) is 3.78. The van der Waals surface area contributed by atoms with E-state index in [0.29, 0.717) is 0 Å². The number of fused-ring (bicyclic) bond motifs is 1. The Morgan fingerprint density at radius 1 is 1.35 bits per heavy atom. The molecule has 0 saturated carbocycles. The van der Waals surface area contributed by atoms with E-state index in [2.05, 4.69) is 36.0 Å². The summed E-state index contributed by atoms with van der Waals surface area (Å²) in [6.07, 6.45) is 3.84. The van der Waals surface area contributed by atoms with Crippen molar-refractivity contribution in [1.82, 2.24) is 15.1 Å². The van der Waals surface area contributed by atoms with Gasteiger partial charge in [-0.25, -0.2) is 0 Å². The number of carbonyl (C=O) groups excluding carboxylic acids is 1. The van der Waals surface area contributed by atoms with Crippen LogP contribution in [-0.4, -0.2) is 67.1 Å². The summed E-state index contributed by atoms with van der Waals surface area (Å²) in [7, 11) is 2.25. The van der Waals surface area contributed by atoms with Crippen molar-refractivity contribution in [3.05, 3.63) is 0 Å². The number of likely N-dealkylation sites (tertiary alicyclic amines) is 2. The van der Waals surface area contributed by atoms with Gasteiger partial charge < -0.3 is 20.9 Å². The van der Waals surface area contributed by atoms with Crippen molar-refractivity contribution in [2.75, 3.05) is 33.2 Å². The summed E-state index contributed by atoms with van der Waals surface area (Å²) in [4.78, 5) is 16.5. The molecule has 0 bridgehead atoms. The van der Waals surface area contributed by atoms with E-state index in [0.717, 1.165) is 31.6 Å². The van der Waals surface area contributed by atoms with Crippen LogP contribution in [0.2, 0.25) is 0 Å². The lowest BCUT2D eigenvalue weighted by Crippen LogP contribution is -2.57. The fraction of sp³-hybridized carbons (Fsp3) is 0.933. The average Bonchev–Trinajstić information content (AvgIpc) is 2.37. The topological polar surface area (TPSA) is 61.6 Å². The Balaban J connectivity index is 1.89. The largest absolute Gasteiger partial charge is 0.368 e. The average molecular weight is 282 g/mol. The molecule has 2 aliphatic heterocycles. The summed E-state index contributed by atoms with van der Waals surface area (Å²) in [5.41, 5.74) is 5.52. The number of carbonyl (C=O) groups is 1. The van der Waals surface area contributed by atoms with Crippen molar-refractivity contribution in [3.63, 3.8) is 0 Å². The maximum Gasteiger partial charge on any atom is 0.235 e. The van der Waals surface area contributed by atoms with Gasteiger partial charge in [0.15, 0.2) is 0 Å². The van der Waals surface area contributed by atoms with Gasteiger partial charge in [-0.3, -0.25) is 4.79 Å². The predicted octanol–water partition coefficient (Wildman–Crippen LogP) is 0.254. The Bertz CT molecular complexity index is 334. The van der Waals surface area contributed by atoms with Crippen LogP contribution < -0.4 is 11.1 Å². The first-order valence-corrected chi connectivity index (χ1v) is 7.95. The Morgan fingerprint density at radius 3 is 2.75 bits per heavy atom. The standard InChI is InChI=1S/C15H30N4O/c1-11(2)17-13(15(16)20)10-19-8-6-14-12(9-19)5-4-7-18(14)3/h11-14,17H,4-10H2,1-3H3,(H2,16,20). The molecule has 2 aliphatic rings. The van der Waals surface area contributed by atoms with E-state index in [-0.39, 0.29) is 18.0 Å². The molecule has 2 fully saturated rings. The summed E-state index contributed by atoms with van der Waals surface area (Å²) in [6.45, 7) is 8.28. The number of amides is 1. The second kappa shape index (κ2) is 6.87. The molecule has 1 amide bonds. The number of piperidine rings is 2. The molecular formula is C15H30N4O. The van der Waals surface area contributed by atoms with E-state index in [9.17, 15) is 4.79 Å². The molecule has 0 spiro atoms. The number of nitrogens with one attached hydrogen (secondary N) is 1. The number of primary amides is 1. The zero-order valence-electron chi connectivity index (χ0n) is 13.1. The highest BCUT2D eigenvalue weighted by molar-refractivity contribution is 5.80. The van der Waals surface area contributed by atoms with Gasteiger partial charge in [0.2, 0.25) is 5.91 Å². The van der Waals surface area contributed by atoms with Crippen LogP contribution >= 0.6 is 0 Å². The van der Waals surface area contributed by atoms with Gasteiger partial charge in [-0.15, -0.1) is 0 Å². The molecule has 0 aromatic heterocycles. The van der Waals surface area contributed by atoms with Crippen molar-refractivity contribution in [3.8, 4) is 0 Å². The molecule has 3 atom stereocenters. The summed E-state index contributed by atoms with van der Waals surface area (Å²) in [5, 5.41) is 3.28. The van der Waals surface area contributed by atoms with Crippen LogP contribution in [0, 0.1) is 5.92 Å². The van der Waals surface area contributed by atoms with E-state index < -0.39 is 0 Å². The van der Waals surface area contributed by atoms with Gasteiger partial charge in [-0.2, -0.15) is 0 Å². The van der Waals surface area contributed by atoms with Crippen LogP contribution in [0.4, 0.5) is 0 Å². The summed E-state index contributed by atoms with van der Waals surface area (Å²) in [6, 6.07) is 0.795. The number of nitrogens with two attached hydrogens (primary N) is 1. The second-order valence-electron chi connectivity index (χ2n) is 6.77. The van der Waals surface area contributed by atoms with Crippen LogP contribution in [-0.2, 0) is 4.79 Å². The first kappa shape index (κ1) is 15.7. The van der Waals surface area contributed by atoms with E-state index in [1.54, 1.807) is 0 Å². The van der Waals surface area contributed by atoms with Crippen LogP contribution in [0.15, 0.2) is 0 Å². The van der Waals surface area contributed by atoms with Crippen LogP contribution in [0.25, 0.3) is 0 Å². The van der Waals surface area contributed by atoms with Gasteiger partial charge in [0, 0.05) is 25.2 Å². The molecule has 2 rings (SSSR count). The summed E-state index contributed by atoms with van der Waals surface area (Å²) < 4.78 is 0. The smallest absolute Gasteiger partial charge is 0.235 e. The number of rotatable bonds is 5. The third kappa shape index (κ3) is 3.93. The van der Waals surface area contributed by atoms with Crippen molar-refractivity contribution < 1.29 is 4.79 Å². The number of hydrogen-bond acceptors (Lipinski definition) is 4. The minimum Gasteiger partial charge on any atom is -0.368 e. The number of nitrogens with zero attached hydrogens (tertiary/aromatic N) is 2. The quantitative estimate of drug-likeness (QED) is 0.759. The Morgan fingerprint density at radius 2 is 2.10 bits per heavy atom. The maximum absolute atomic E-state index is 11.6. The van der Waals surface area contributed by atoms with Crippen molar-refractivity contribution in [1.29, 1.82) is 0 Å². The Kier molecular flexibility index (Phi) is 5.41. The van der Waals surface area contributed by atoms with E-state index in [4.69, 9.17) is 5.73 Å². The van der Waals surface area contributed by atoms with E-state index in [1.165, 1.54) is 25.8 Å². The van der Waals surface area contributed by atoms with Gasteiger partial charge in [0.05, 0.1) is 6.04 Å². The molecule has 116 valence electrons. The zero-order chi connectivity index (χ0) is 14.7. The third-order valence-corrected chi connectivity index (χ3v) is 4.75. The zero-order valence-corrected chi connectivity index (χ0v) is 13.1. The molecule has 0 aromatic rings. The Hall–Kier alpha value is -0.650. The summed E-state index contributed by atoms with van der Waals surface area (Å²) in [5.74, 6) is 0.525. The van der Waals surface area contributed by atoms with Gasteiger partial charge >= 0.3 is 0 Å². The molecule has 0 aliphatic carbocycles. The van der Waals surface area contributed by atoms with Crippen LogP contribution in [0.1, 0.15) is 33.1 Å². The molecule has 5 nitrogen and oxygen atoms in total. The lowest BCUT2D eigenvalue weighted by Gasteiger charge is -2.46. The normalized spacial score (nSPS) is 30.2. The predicted molar refractivity (Wildman–Crippen MR) is 81.5 cm³/mol. The molecule has 0 radical (unpaired) electrons. The first-order chi connectivity index (χ1) is 9.47. The highest BCUT2D eigenvalue weighted by Gasteiger charge is 2.35. The molecule has 20 heavy (non-hydrogen) atoms. The van der Waals surface area contributed by atoms with Crippen molar-refractivity contribution >= 4 is 5.91 Å². The molecule has 5 heteroatoms. The Labute approximate surface area is 122 Å². The van der Waals surface area contributed by atoms with Gasteiger partial charge in [0.25, 0.3) is 0 Å². The molecule has 2 heterocycles. The monoisotopic (exact) mass is 282 g/mol. The molecule has 3 N–H and O–H groups in total. The van der Waals surface area contributed by atoms with Crippen molar-refractivity contribution in [2.45, 2.75) is 51.2 Å². The SMILES string of the molecule is CC(C)NC(CN1CCC2C(CCCN2C)C1)C(N)=O. The van der Waals surface area contributed by atoms with E-state index >= 15 is 0 Å². The van der Waals surface area contributed by atoms with E-state index in [1.807, 2.05) is 0 Å². The molecular weight excluding hydrogens is 252 g/mol. The minimum atomic E-state index is -0.235. The van der Waals surface area contributed by atoms with Gasteiger partial charge in [-0.05, 0) is 45.3 Å². The summed E-state index contributed by atoms with van der Waals surface area (Å²) >= 11 is 0. The lowest BCUT2D eigenvalue weighted by atomic mass is 9.84. The van der Waals surface area contributed by atoms with Crippen LogP contribution in [0.5, 0.6) is 0 Å². The molecule has 0 aromatic carbocycles. The van der Waals surface area contributed by atoms with Gasteiger partial charge in [0.1, 0.15) is 0 Å². The molecule has 3 unspecified atom stereocenters. The lowest BCUT2D eigenvalue weighted by molar-refractivity contribution is -0.121. The third-order valence-electron chi connectivity index (χ3n) is 4.75. The number of hydrogen-bond donors (Lipinski definition) is 2. The van der Waals surface area contributed by atoms with Crippen LogP contribution in [0.3, 0.4) is 0 Å². The highest BCUT2D eigenvalue weighted by Crippen LogP contribution is 2.29.